The van der Waals surface area contributed by atoms with Gasteiger partial charge in [-0.2, -0.15) is 11.8 Å². The molecule has 0 unspecified atom stereocenters. The Morgan fingerprint density at radius 1 is 1.62 bits per heavy atom. The second-order valence-electron chi connectivity index (χ2n) is 2.65. The maximum absolute atomic E-state index is 11.2. The van der Waals surface area contributed by atoms with E-state index < -0.39 is 0 Å². The van der Waals surface area contributed by atoms with Crippen molar-refractivity contribution in [3.05, 3.63) is 33.7 Å². The van der Waals surface area contributed by atoms with Crippen LogP contribution >= 0.6 is 11.8 Å². The fourth-order valence-electron chi connectivity index (χ4n) is 0.888. The van der Waals surface area contributed by atoms with Gasteiger partial charge in [-0.3, -0.25) is 4.79 Å². The summed E-state index contributed by atoms with van der Waals surface area (Å²) in [5, 5.41) is 0. The van der Waals surface area contributed by atoms with Crippen LogP contribution in [-0.2, 0) is 0 Å². The molecule has 3 heteroatoms. The van der Waals surface area contributed by atoms with Crippen molar-refractivity contribution < 1.29 is 0 Å². The first kappa shape index (κ1) is 9.94. The summed E-state index contributed by atoms with van der Waals surface area (Å²) in [4.78, 5) is 13.8. The highest BCUT2D eigenvalue weighted by Crippen LogP contribution is 1.94. The number of rotatable bonds is 1. The molecule has 68 valence electrons. The second-order valence-corrected chi connectivity index (χ2v) is 3.52. The summed E-state index contributed by atoms with van der Waals surface area (Å²) in [6, 6.07) is 1.80. The van der Waals surface area contributed by atoms with Gasteiger partial charge in [0, 0.05) is 6.20 Å². The van der Waals surface area contributed by atoms with Crippen LogP contribution in [0.4, 0.5) is 0 Å². The molecule has 0 aliphatic carbocycles. The Hall–Kier alpha value is -1.14. The van der Waals surface area contributed by atoms with Crippen LogP contribution < -0.4 is 5.56 Å². The van der Waals surface area contributed by atoms with Crippen LogP contribution in [0.2, 0.25) is 0 Å². The summed E-state index contributed by atoms with van der Waals surface area (Å²) in [5.74, 6) is 6.51. The van der Waals surface area contributed by atoms with Crippen molar-refractivity contribution >= 4 is 11.8 Å². The van der Waals surface area contributed by atoms with Gasteiger partial charge in [0.05, 0.1) is 11.3 Å². The molecule has 0 fully saturated rings. The van der Waals surface area contributed by atoms with Gasteiger partial charge in [-0.15, -0.1) is 0 Å². The van der Waals surface area contributed by atoms with Crippen LogP contribution in [0.15, 0.2) is 17.1 Å². The van der Waals surface area contributed by atoms with E-state index in [0.717, 1.165) is 11.3 Å². The maximum Gasteiger partial charge on any atom is 0.263 e. The van der Waals surface area contributed by atoms with Crippen molar-refractivity contribution in [2.24, 2.45) is 0 Å². The number of thioether (sulfide) groups is 1. The highest BCUT2D eigenvalue weighted by molar-refractivity contribution is 7.98. The van der Waals surface area contributed by atoms with Gasteiger partial charge in [0.15, 0.2) is 0 Å². The Labute approximate surface area is 81.8 Å². The largest absolute Gasteiger partial charge is 0.328 e. The second kappa shape index (κ2) is 4.78. The first-order valence-electron chi connectivity index (χ1n) is 3.91. The lowest BCUT2D eigenvalue weighted by Gasteiger charge is -1.91. The van der Waals surface area contributed by atoms with E-state index >= 15 is 0 Å². The van der Waals surface area contributed by atoms with Gasteiger partial charge in [-0.1, -0.05) is 11.8 Å². The zero-order valence-corrected chi connectivity index (χ0v) is 8.49. The maximum atomic E-state index is 11.2. The van der Waals surface area contributed by atoms with E-state index in [4.69, 9.17) is 0 Å². The minimum absolute atomic E-state index is 0.112. The average molecular weight is 193 g/mol. The molecule has 0 aromatic carbocycles. The number of pyridine rings is 1. The SMILES string of the molecule is CSCC#Cc1cc(C)c[nH]c1=O. The molecular weight excluding hydrogens is 182 g/mol. The van der Waals surface area contributed by atoms with E-state index in [1.165, 1.54) is 0 Å². The molecule has 1 aromatic rings. The van der Waals surface area contributed by atoms with E-state index in [9.17, 15) is 4.79 Å². The quantitative estimate of drug-likeness (QED) is 0.684. The smallest absolute Gasteiger partial charge is 0.263 e. The molecule has 0 amide bonds. The number of hydrogen-bond acceptors (Lipinski definition) is 2. The summed E-state index contributed by atoms with van der Waals surface area (Å²) in [6.45, 7) is 1.93. The standard InChI is InChI=1S/C10H11NOS/c1-8-6-9(4-3-5-13-2)10(12)11-7-8/h6-7H,5H2,1-2H3,(H,11,12). The van der Waals surface area contributed by atoms with Crippen LogP contribution in [0.1, 0.15) is 11.1 Å². The molecule has 2 nitrogen and oxygen atoms in total. The summed E-state index contributed by atoms with van der Waals surface area (Å²) >= 11 is 1.65. The van der Waals surface area contributed by atoms with Gasteiger partial charge < -0.3 is 4.98 Å². The van der Waals surface area contributed by atoms with E-state index in [2.05, 4.69) is 16.8 Å². The van der Waals surface area contributed by atoms with Crippen LogP contribution in [-0.4, -0.2) is 17.0 Å². The summed E-state index contributed by atoms with van der Waals surface area (Å²) in [6.07, 6.45) is 3.66. The third-order valence-electron chi connectivity index (χ3n) is 1.49. The minimum Gasteiger partial charge on any atom is -0.328 e. The van der Waals surface area contributed by atoms with Gasteiger partial charge >= 0.3 is 0 Å². The lowest BCUT2D eigenvalue weighted by molar-refractivity contribution is 1.18. The van der Waals surface area contributed by atoms with Gasteiger partial charge in [0.25, 0.3) is 5.56 Å². The van der Waals surface area contributed by atoms with Crippen molar-refractivity contribution in [1.29, 1.82) is 0 Å². The van der Waals surface area contributed by atoms with Crippen molar-refractivity contribution in [3.8, 4) is 11.8 Å². The number of aryl methyl sites for hydroxylation is 1. The van der Waals surface area contributed by atoms with Crippen molar-refractivity contribution in [2.45, 2.75) is 6.92 Å². The molecule has 0 atom stereocenters. The molecule has 1 heterocycles. The molecule has 0 radical (unpaired) electrons. The molecule has 0 saturated heterocycles. The van der Waals surface area contributed by atoms with E-state index in [0.29, 0.717) is 5.56 Å². The lowest BCUT2D eigenvalue weighted by atomic mass is 10.2. The third kappa shape index (κ3) is 3.00. The highest BCUT2D eigenvalue weighted by atomic mass is 32.2. The average Bonchev–Trinajstić information content (AvgIpc) is 2.11. The fraction of sp³-hybridized carbons (Fsp3) is 0.300. The lowest BCUT2D eigenvalue weighted by Crippen LogP contribution is -2.09. The highest BCUT2D eigenvalue weighted by Gasteiger charge is 1.93. The van der Waals surface area contributed by atoms with Crippen LogP contribution in [0.3, 0.4) is 0 Å². The summed E-state index contributed by atoms with van der Waals surface area (Å²) < 4.78 is 0. The number of aromatic amines is 1. The van der Waals surface area contributed by atoms with E-state index in [1.54, 1.807) is 24.0 Å². The van der Waals surface area contributed by atoms with Gasteiger partial charge in [-0.25, -0.2) is 0 Å². The number of hydrogen-bond donors (Lipinski definition) is 1. The molecule has 0 spiro atoms. The number of H-pyrrole nitrogens is 1. The normalized spacial score (nSPS) is 9.08. The topological polar surface area (TPSA) is 32.9 Å². The third-order valence-corrected chi connectivity index (χ3v) is 1.92. The van der Waals surface area contributed by atoms with Crippen LogP contribution in [0.25, 0.3) is 0 Å². The Morgan fingerprint density at radius 3 is 3.08 bits per heavy atom. The van der Waals surface area contributed by atoms with E-state index in [-0.39, 0.29) is 5.56 Å². The first-order chi connectivity index (χ1) is 6.24. The van der Waals surface area contributed by atoms with Gasteiger partial charge in [-0.05, 0) is 24.8 Å². The predicted molar refractivity (Wildman–Crippen MR) is 57.1 cm³/mol. The minimum atomic E-state index is -0.112. The van der Waals surface area contributed by atoms with Crippen molar-refractivity contribution in [1.82, 2.24) is 4.98 Å². The molecule has 0 aliphatic heterocycles. The zero-order valence-electron chi connectivity index (χ0n) is 7.68. The molecule has 1 aromatic heterocycles. The molecule has 0 saturated carbocycles. The van der Waals surface area contributed by atoms with Crippen molar-refractivity contribution in [3.63, 3.8) is 0 Å². The van der Waals surface area contributed by atoms with E-state index in [1.807, 2.05) is 13.2 Å². The summed E-state index contributed by atoms with van der Waals surface area (Å²) in [5.41, 5.74) is 1.46. The molecule has 0 aliphatic rings. The first-order valence-corrected chi connectivity index (χ1v) is 5.30. The fourth-order valence-corrected chi connectivity index (χ4v) is 1.10. The number of aromatic nitrogens is 1. The molecule has 0 bridgehead atoms. The molecule has 1 N–H and O–H groups in total. The zero-order chi connectivity index (χ0) is 9.68. The van der Waals surface area contributed by atoms with Crippen LogP contribution in [0, 0.1) is 18.8 Å². The van der Waals surface area contributed by atoms with Gasteiger partial charge in [0.1, 0.15) is 0 Å². The number of nitrogens with one attached hydrogen (secondary N) is 1. The Kier molecular flexibility index (Phi) is 3.66. The predicted octanol–water partition coefficient (Wildman–Crippen LogP) is 1.40. The molecular formula is C10H11NOS. The summed E-state index contributed by atoms with van der Waals surface area (Å²) in [7, 11) is 0. The van der Waals surface area contributed by atoms with Gasteiger partial charge in [0.2, 0.25) is 0 Å². The molecule has 1 rings (SSSR count). The Bertz CT molecular complexity index is 397. The Balaban J connectivity index is 2.96. The van der Waals surface area contributed by atoms with Crippen molar-refractivity contribution in [2.75, 3.05) is 12.0 Å². The van der Waals surface area contributed by atoms with Crippen LogP contribution in [0.5, 0.6) is 0 Å². The monoisotopic (exact) mass is 193 g/mol. The molecule has 13 heavy (non-hydrogen) atoms. The Morgan fingerprint density at radius 2 is 2.38 bits per heavy atom.